The van der Waals surface area contributed by atoms with Gasteiger partial charge in [0.2, 0.25) is 0 Å². The van der Waals surface area contributed by atoms with Crippen molar-refractivity contribution in [3.63, 3.8) is 0 Å². The number of fused-ring (bicyclic) bond motifs is 9. The topological polar surface area (TPSA) is 38.5 Å². The Morgan fingerprint density at radius 2 is 0.911 bits per heavy atom. The van der Waals surface area contributed by atoms with E-state index in [-0.39, 0.29) is 5.41 Å². The molecule has 12 aromatic carbocycles. The van der Waals surface area contributed by atoms with E-state index in [2.05, 4.69) is 362 Å². The average Bonchev–Trinajstić information content (AvgIpc) is 0.810. The van der Waals surface area contributed by atoms with E-state index in [0.29, 0.717) is 11.5 Å². The van der Waals surface area contributed by atoms with Gasteiger partial charge in [-0.1, -0.05) is 130 Å². The van der Waals surface area contributed by atoms with Crippen LogP contribution in [0.15, 0.2) is 303 Å². The summed E-state index contributed by atoms with van der Waals surface area (Å²) in [5.41, 5.74) is 22.7. The molecule has 2 aromatic heterocycles. The van der Waals surface area contributed by atoms with Crippen LogP contribution in [0.1, 0.15) is 48.6 Å². The van der Waals surface area contributed by atoms with Crippen LogP contribution in [0.2, 0.25) is 0 Å². The summed E-state index contributed by atoms with van der Waals surface area (Å²) in [4.78, 5) is 10.0. The van der Waals surface area contributed by atoms with Crippen molar-refractivity contribution in [1.29, 1.82) is 0 Å². The molecule has 0 saturated heterocycles. The van der Waals surface area contributed by atoms with Gasteiger partial charge >= 0.3 is 306 Å². The van der Waals surface area contributed by atoms with Crippen LogP contribution in [-0.2, 0) is 30.2 Å². The van der Waals surface area contributed by atoms with Gasteiger partial charge in [0, 0.05) is 23.3 Å². The van der Waals surface area contributed by atoms with Crippen LogP contribution in [0.5, 0.6) is 11.5 Å². The Labute approximate surface area is 535 Å². The van der Waals surface area contributed by atoms with E-state index in [1.54, 1.807) is 0 Å². The first kappa shape index (κ1) is 54.7. The van der Waals surface area contributed by atoms with E-state index in [0.717, 1.165) is 127 Å². The van der Waals surface area contributed by atoms with Crippen LogP contribution in [0.3, 0.4) is 0 Å². The molecule has 0 radical (unpaired) electrons. The van der Waals surface area contributed by atoms with Crippen molar-refractivity contribution in [2.75, 3.05) is 9.80 Å². The fourth-order valence-corrected chi connectivity index (χ4v) is 14.8. The molecule has 2 aliphatic heterocycles. The van der Waals surface area contributed by atoms with Gasteiger partial charge in [-0.3, -0.25) is 0 Å². The molecule has 14 aromatic rings. The van der Waals surface area contributed by atoms with Crippen LogP contribution in [0, 0.1) is 15.9 Å². The van der Waals surface area contributed by atoms with Crippen LogP contribution in [-0.4, -0.2) is 14.1 Å². The van der Waals surface area contributed by atoms with Gasteiger partial charge in [-0.15, -0.1) is 0 Å². The molecule has 6 nitrogen and oxygen atoms in total. The third kappa shape index (κ3) is 9.12. The van der Waals surface area contributed by atoms with Gasteiger partial charge in [-0.2, -0.15) is 0 Å². The zero-order valence-electron chi connectivity index (χ0n) is 49.8. The summed E-state index contributed by atoms with van der Waals surface area (Å²) in [6.07, 6.45) is 1.95. The number of pyridine rings is 1. The smallest absolute Gasteiger partial charge is 0.310 e. The first-order valence-electron chi connectivity index (χ1n) is 30.5. The summed E-state index contributed by atoms with van der Waals surface area (Å²) in [5, 5.41) is 0. The van der Waals surface area contributed by atoms with Crippen molar-refractivity contribution in [2.24, 2.45) is 0 Å². The summed E-state index contributed by atoms with van der Waals surface area (Å²) < 4.78 is 12.9. The molecule has 2 aliphatic rings. The predicted molar refractivity (Wildman–Crippen MR) is 363 cm³/mol. The number of hydrogen-bond acceptors (Lipinski definition) is 4. The molecule has 0 aliphatic carbocycles. The molecular formula is C83H59N5OPt-2. The van der Waals surface area contributed by atoms with E-state index in [4.69, 9.17) is 9.72 Å². The Bertz CT molecular complexity index is 4960. The first-order valence-corrected chi connectivity index (χ1v) is 31.6. The van der Waals surface area contributed by atoms with Crippen LogP contribution >= 0.6 is 0 Å². The molecular weight excluding hydrogens is 1280 g/mol. The van der Waals surface area contributed by atoms with Crippen LogP contribution in [0.25, 0.3) is 66.9 Å². The van der Waals surface area contributed by atoms with Gasteiger partial charge in [-0.25, -0.2) is 0 Å². The fourth-order valence-electron chi connectivity index (χ4n) is 13.7. The Hall–Kier alpha value is -10.7. The van der Waals surface area contributed by atoms with E-state index in [9.17, 15) is 0 Å². The molecule has 0 fully saturated rings. The summed E-state index contributed by atoms with van der Waals surface area (Å²) >= 11 is 2.50. The molecule has 0 N–H and O–H groups in total. The minimum Gasteiger partial charge on any atom is -0.310 e. The zero-order chi connectivity index (χ0) is 60.5. The molecule has 434 valence electrons. The number of hydrogen-bond donors (Lipinski definition) is 0. The number of aromatic nitrogens is 3. The number of rotatable bonds is 10. The Morgan fingerprint density at radius 3 is 1.51 bits per heavy atom. The Kier molecular flexibility index (Phi) is 13.5. The molecule has 90 heavy (non-hydrogen) atoms. The van der Waals surface area contributed by atoms with Crippen molar-refractivity contribution in [2.45, 2.75) is 31.6 Å². The number of benzene rings is 12. The van der Waals surface area contributed by atoms with Crippen molar-refractivity contribution in [3.8, 4) is 67.4 Å². The van der Waals surface area contributed by atoms with Gasteiger partial charge in [0.1, 0.15) is 0 Å². The summed E-state index contributed by atoms with van der Waals surface area (Å²) in [5.74, 6) is 1.88. The van der Waals surface area contributed by atoms with Crippen molar-refractivity contribution in [3.05, 3.63) is 347 Å². The Morgan fingerprint density at radius 1 is 0.400 bits per heavy atom. The second-order valence-electron chi connectivity index (χ2n) is 24.0. The fraction of sp³-hybridized carbons (Fsp3) is 0.0602. The molecule has 0 saturated carbocycles. The molecule has 4 heterocycles. The monoisotopic (exact) mass is 1340 g/mol. The maximum atomic E-state index is 7.21. The molecule has 16 rings (SSSR count). The van der Waals surface area contributed by atoms with Gasteiger partial charge in [0.05, 0.1) is 0 Å². The molecule has 0 amide bonds. The van der Waals surface area contributed by atoms with Gasteiger partial charge in [-0.05, 0) is 75.7 Å². The van der Waals surface area contributed by atoms with Gasteiger partial charge in [0.25, 0.3) is 0 Å². The summed E-state index contributed by atoms with van der Waals surface area (Å²) in [7, 11) is 0. The number of imidazole rings is 1. The second kappa shape index (κ2) is 22.2. The van der Waals surface area contributed by atoms with Crippen molar-refractivity contribution in [1.82, 2.24) is 14.1 Å². The molecule has 0 atom stereocenters. The van der Waals surface area contributed by atoms with E-state index >= 15 is 0 Å². The SMILES string of the molecule is CC(C)(C)c1ccnc(N2c3[c-]c(Oc4[c-]c(-n5[c](=[Pt])n(-c6c(-c7ccccc7)cccc6-c6ccccc6)c6ccccc65)ccc4)ccc3C3(c4ccccc42)c2cc(-c4ccccc4)ccc2N(c2ccccc2)c2ccc(-c4ccccc4)cc23)c1. The second-order valence-corrected chi connectivity index (χ2v) is 25.1. The molecule has 0 unspecified atom stereocenters. The zero-order valence-corrected chi connectivity index (χ0v) is 52.1. The molecule has 7 heteroatoms. The first-order chi connectivity index (χ1) is 44.2. The van der Waals surface area contributed by atoms with Gasteiger partial charge < -0.3 is 4.90 Å². The number of ether oxygens (including phenoxy) is 1. The van der Waals surface area contributed by atoms with Gasteiger partial charge in [0.15, 0.2) is 0 Å². The minimum absolute atomic E-state index is 0.159. The molecule has 0 bridgehead atoms. The Balaban J connectivity index is 0.920. The maximum absolute atomic E-state index is 7.21. The number of anilines is 6. The van der Waals surface area contributed by atoms with E-state index in [1.165, 1.54) is 5.56 Å². The molecule has 1 spiro atoms. The number of para-hydroxylation sites is 5. The summed E-state index contributed by atoms with van der Waals surface area (Å²) in [6, 6.07) is 115. The normalized spacial score (nSPS) is 12.9. The number of nitrogens with zero attached hydrogens (tertiary/aromatic N) is 5. The van der Waals surface area contributed by atoms with Crippen LogP contribution < -0.4 is 14.5 Å². The van der Waals surface area contributed by atoms with Crippen molar-refractivity contribution < 1.29 is 24.1 Å². The van der Waals surface area contributed by atoms with Crippen molar-refractivity contribution >= 4 is 45.3 Å². The standard InChI is InChI=1S/C83H59N5O.Pt/c1-82(2,3)63-49-50-84-80(53-63)88-74-40-20-19-39-70(74)83(72-51-61(57-25-9-4-10-26-57)43-47-75(72)87(64-33-17-8-18-34-64)76-48-44-62(52-73(76)83)58-27-11-5-12-28-58)71-46-45-67(55-79(71)88)89-66-36-23-35-65(54-66)85-56-86(78-42-22-21-41-77(78)85)81-68(59-29-13-6-14-30-59)37-24-38-69(81)60-31-15-7-16-32-60;/h4-53H,1-3H3;/q-2;. The summed E-state index contributed by atoms with van der Waals surface area (Å²) in [6.45, 7) is 6.77. The average molecular weight is 1340 g/mol. The minimum atomic E-state index is -0.919. The predicted octanol–water partition coefficient (Wildman–Crippen LogP) is 21.2. The van der Waals surface area contributed by atoms with E-state index in [1.807, 2.05) is 12.3 Å². The third-order valence-corrected chi connectivity index (χ3v) is 18.8. The quantitative estimate of drug-likeness (QED) is 0.128. The van der Waals surface area contributed by atoms with E-state index < -0.39 is 5.41 Å². The third-order valence-electron chi connectivity index (χ3n) is 17.8. The van der Waals surface area contributed by atoms with Crippen LogP contribution in [0.4, 0.5) is 34.3 Å².